The van der Waals surface area contributed by atoms with Gasteiger partial charge in [0.2, 0.25) is 0 Å². The van der Waals surface area contributed by atoms with Crippen LogP contribution in [0.15, 0.2) is 231 Å². The van der Waals surface area contributed by atoms with Gasteiger partial charge in [0.25, 0.3) is 0 Å². The van der Waals surface area contributed by atoms with Crippen LogP contribution in [0.4, 0.5) is 0 Å². The fraction of sp³-hybridized carbons (Fsp3) is 0.0400. The summed E-state index contributed by atoms with van der Waals surface area (Å²) in [5.41, 5.74) is 8.16. The zero-order valence-corrected chi connectivity index (χ0v) is 30.9. The van der Waals surface area contributed by atoms with Gasteiger partial charge in [0, 0.05) is 0 Å². The fourth-order valence-electron chi connectivity index (χ4n) is 8.08. The van der Waals surface area contributed by atoms with Gasteiger partial charge in [0.15, 0.2) is 0 Å². The molecule has 252 valence electrons. The van der Waals surface area contributed by atoms with E-state index in [1.54, 1.807) is 0 Å². The van der Waals surface area contributed by atoms with E-state index in [4.69, 9.17) is 0 Å². The van der Waals surface area contributed by atoms with E-state index in [1.807, 2.05) is 0 Å². The average Bonchev–Trinajstić information content (AvgIpc) is 3.23. The van der Waals surface area contributed by atoms with Gasteiger partial charge in [-0.25, -0.2) is 0 Å². The highest BCUT2D eigenvalue weighted by Crippen LogP contribution is 2.54. The SMILES string of the molecule is Cc1cccc([B-](c2ccccc2)(c2ccccc2)c2ccccc2)c1C.c1ccc([P+](c2ccccc2)(c2ccccc2)c2ccccc2)cc1. The summed E-state index contributed by atoms with van der Waals surface area (Å²) in [6.45, 7) is 4.47. The summed E-state index contributed by atoms with van der Waals surface area (Å²) in [4.78, 5) is 0. The second-order valence-corrected chi connectivity index (χ2v) is 16.8. The Bertz CT molecular complexity index is 2020. The van der Waals surface area contributed by atoms with Crippen LogP contribution in [-0.2, 0) is 0 Å². The fourth-order valence-corrected chi connectivity index (χ4v) is 12.4. The molecule has 2 heteroatoms. The first-order chi connectivity index (χ1) is 25.7. The minimum atomic E-state index is -1.91. The predicted molar refractivity (Wildman–Crippen MR) is 231 cm³/mol. The lowest BCUT2D eigenvalue weighted by molar-refractivity contribution is 1.36. The van der Waals surface area contributed by atoms with Crippen LogP contribution in [0.3, 0.4) is 0 Å². The van der Waals surface area contributed by atoms with E-state index in [0.717, 1.165) is 0 Å². The van der Waals surface area contributed by atoms with Crippen LogP contribution in [0, 0.1) is 13.8 Å². The highest BCUT2D eigenvalue weighted by Gasteiger charge is 2.47. The summed E-state index contributed by atoms with van der Waals surface area (Å²) in [6, 6.07) is 83.5. The standard InChI is InChI=1S/C26H24B.C24H20P/c1-21-13-12-20-26(22(21)2)27(23-14-6-3-7-15-23,24-16-8-4-9-17-24)25-18-10-5-11-19-25;1-5-13-21(14-6-1)25(22-15-7-2-8-16-22,23-17-9-3-10-18-23)24-19-11-4-12-20-24/h3-20H,1-2H3;1-20H/q-1;+1. The van der Waals surface area contributed by atoms with Crippen LogP contribution in [0.2, 0.25) is 0 Å². The molecule has 0 nitrogen and oxygen atoms in total. The van der Waals surface area contributed by atoms with Crippen molar-refractivity contribution in [1.29, 1.82) is 0 Å². The molecule has 8 rings (SSSR count). The van der Waals surface area contributed by atoms with Gasteiger partial charge in [-0.05, 0) is 62.4 Å². The third-order valence-corrected chi connectivity index (χ3v) is 14.9. The summed E-state index contributed by atoms with van der Waals surface area (Å²) in [6.07, 6.45) is -1.26. The molecule has 0 aliphatic heterocycles. The highest BCUT2D eigenvalue weighted by atomic mass is 31.2. The quantitative estimate of drug-likeness (QED) is 0.112. The van der Waals surface area contributed by atoms with E-state index in [-0.39, 0.29) is 0 Å². The molecule has 0 amide bonds. The van der Waals surface area contributed by atoms with Crippen LogP contribution < -0.4 is 43.1 Å². The largest absolute Gasteiger partial charge is 0.195 e. The molecular weight excluding hydrogens is 642 g/mol. The maximum Gasteiger partial charge on any atom is 0.144 e. The van der Waals surface area contributed by atoms with Crippen molar-refractivity contribution in [2.45, 2.75) is 13.8 Å². The Labute approximate surface area is 310 Å². The van der Waals surface area contributed by atoms with Gasteiger partial charge in [0.05, 0.1) is 0 Å². The molecule has 0 aromatic heterocycles. The molecule has 0 atom stereocenters. The van der Waals surface area contributed by atoms with Crippen molar-refractivity contribution in [3.05, 3.63) is 242 Å². The molecule has 0 radical (unpaired) electrons. The molecule has 0 saturated heterocycles. The van der Waals surface area contributed by atoms with Crippen molar-refractivity contribution in [3.8, 4) is 0 Å². The van der Waals surface area contributed by atoms with Crippen molar-refractivity contribution in [2.75, 3.05) is 0 Å². The Hall–Kier alpha value is -5.75. The van der Waals surface area contributed by atoms with Gasteiger partial charge in [-0.15, -0.1) is 0 Å². The molecule has 0 aliphatic rings. The minimum Gasteiger partial charge on any atom is -0.195 e. The molecule has 0 spiro atoms. The predicted octanol–water partition coefficient (Wildman–Crippen LogP) is 7.99. The van der Waals surface area contributed by atoms with Gasteiger partial charge < -0.3 is 0 Å². The lowest BCUT2D eigenvalue weighted by Crippen LogP contribution is -2.75. The third kappa shape index (κ3) is 6.57. The van der Waals surface area contributed by atoms with E-state index in [2.05, 4.69) is 244 Å². The molecule has 0 heterocycles. The maximum atomic E-state index is 2.31. The Balaban J connectivity index is 0.000000162. The summed E-state index contributed by atoms with van der Waals surface area (Å²) in [5, 5.41) is 5.55. The van der Waals surface area contributed by atoms with Gasteiger partial charge in [-0.2, -0.15) is 21.9 Å². The Morgan fingerprint density at radius 3 is 0.846 bits per heavy atom. The smallest absolute Gasteiger partial charge is 0.144 e. The maximum absolute atomic E-state index is 2.31. The second kappa shape index (κ2) is 16.1. The van der Waals surface area contributed by atoms with Crippen molar-refractivity contribution < 1.29 is 0 Å². The average molecular weight is 687 g/mol. The summed E-state index contributed by atoms with van der Waals surface area (Å²) >= 11 is 0. The Morgan fingerprint density at radius 1 is 0.288 bits per heavy atom. The van der Waals surface area contributed by atoms with Crippen LogP contribution in [0.1, 0.15) is 11.1 Å². The Kier molecular flexibility index (Phi) is 10.7. The molecule has 52 heavy (non-hydrogen) atoms. The molecule has 0 bridgehead atoms. The molecule has 8 aromatic carbocycles. The van der Waals surface area contributed by atoms with E-state index >= 15 is 0 Å². The highest BCUT2D eigenvalue weighted by molar-refractivity contribution is 8.01. The molecule has 0 fully saturated rings. The summed E-state index contributed by atoms with van der Waals surface area (Å²) in [7, 11) is -1.91. The molecule has 0 saturated carbocycles. The van der Waals surface area contributed by atoms with Crippen LogP contribution in [-0.4, -0.2) is 6.15 Å². The van der Waals surface area contributed by atoms with E-state index < -0.39 is 13.4 Å². The summed E-state index contributed by atoms with van der Waals surface area (Å²) < 4.78 is 0. The normalized spacial score (nSPS) is 11.3. The Morgan fingerprint density at radius 2 is 0.558 bits per heavy atom. The number of hydrogen-bond donors (Lipinski definition) is 0. The number of aryl methyl sites for hydroxylation is 1. The van der Waals surface area contributed by atoms with E-state index in [1.165, 1.54) is 54.2 Å². The van der Waals surface area contributed by atoms with Crippen molar-refractivity contribution >= 4 is 56.5 Å². The van der Waals surface area contributed by atoms with Crippen LogP contribution >= 0.6 is 7.26 Å². The molecule has 0 N–H and O–H groups in total. The van der Waals surface area contributed by atoms with Crippen molar-refractivity contribution in [3.63, 3.8) is 0 Å². The second-order valence-electron chi connectivity index (χ2n) is 13.4. The zero-order valence-electron chi connectivity index (χ0n) is 30.0. The van der Waals surface area contributed by atoms with Crippen LogP contribution in [0.5, 0.6) is 0 Å². The van der Waals surface area contributed by atoms with Gasteiger partial charge in [0.1, 0.15) is 34.6 Å². The van der Waals surface area contributed by atoms with Crippen molar-refractivity contribution in [2.24, 2.45) is 0 Å². The number of rotatable bonds is 8. The number of benzene rings is 8. The lowest BCUT2D eigenvalue weighted by Gasteiger charge is -2.45. The van der Waals surface area contributed by atoms with Crippen molar-refractivity contribution in [1.82, 2.24) is 0 Å². The lowest BCUT2D eigenvalue weighted by atomic mass is 9.12. The third-order valence-electron chi connectivity index (χ3n) is 10.6. The minimum absolute atomic E-state index is 1.26. The molecule has 0 aliphatic carbocycles. The summed E-state index contributed by atoms with van der Waals surface area (Å²) in [5.74, 6) is 0. The topological polar surface area (TPSA) is 0 Å². The molecule has 8 aromatic rings. The molecule has 0 unspecified atom stereocenters. The zero-order chi connectivity index (χ0) is 35.6. The monoisotopic (exact) mass is 686 g/mol. The number of hydrogen-bond acceptors (Lipinski definition) is 0. The van der Waals surface area contributed by atoms with Gasteiger partial charge in [-0.3, -0.25) is 0 Å². The van der Waals surface area contributed by atoms with E-state index in [9.17, 15) is 0 Å². The first-order valence-electron chi connectivity index (χ1n) is 18.2. The first kappa shape index (κ1) is 34.7. The van der Waals surface area contributed by atoms with Gasteiger partial charge in [-0.1, -0.05) is 193 Å². The first-order valence-corrected chi connectivity index (χ1v) is 20.0. The van der Waals surface area contributed by atoms with Crippen LogP contribution in [0.25, 0.3) is 0 Å². The van der Waals surface area contributed by atoms with Gasteiger partial charge >= 0.3 is 0 Å². The van der Waals surface area contributed by atoms with E-state index in [0.29, 0.717) is 0 Å². The molecular formula is C50H44BP.